The molecule has 0 bridgehead atoms. The summed E-state index contributed by atoms with van der Waals surface area (Å²) in [6.07, 6.45) is 7.43. The lowest BCUT2D eigenvalue weighted by Crippen LogP contribution is -2.51. The molecule has 1 aromatic carbocycles. The van der Waals surface area contributed by atoms with Gasteiger partial charge >= 0.3 is 7.05 Å². The quantitative estimate of drug-likeness (QED) is 0.530. The summed E-state index contributed by atoms with van der Waals surface area (Å²) in [7, 11) is -0.461. The van der Waals surface area contributed by atoms with Gasteiger partial charge in [-0.1, -0.05) is 12.1 Å². The predicted octanol–water partition coefficient (Wildman–Crippen LogP) is 2.62. The number of anilines is 3. The number of nitrogens with one attached hydrogen (secondary N) is 1. The summed E-state index contributed by atoms with van der Waals surface area (Å²) < 4.78 is 0. The molecule has 3 aromatic rings. The van der Waals surface area contributed by atoms with Crippen molar-refractivity contribution in [2.75, 3.05) is 54.4 Å². The van der Waals surface area contributed by atoms with Crippen LogP contribution >= 0.6 is 0 Å². The summed E-state index contributed by atoms with van der Waals surface area (Å²) >= 11 is 0. The van der Waals surface area contributed by atoms with E-state index in [1.807, 2.05) is 23.0 Å². The molecule has 5 rings (SSSR count). The number of carbonyl (C=O) groups excluding carboxylic acids is 1. The SMILES string of the molecule is CB(O)N1CCN(c2ccncc2NC(=O)c2ccnc(-c3cccc(N4CCCC4)c3)n2)CC1. The van der Waals surface area contributed by atoms with E-state index in [-0.39, 0.29) is 5.91 Å². The molecular weight excluding hydrogens is 441 g/mol. The monoisotopic (exact) mass is 471 g/mol. The number of aromatic nitrogens is 3. The number of pyridine rings is 1. The number of piperazine rings is 1. The Morgan fingerprint density at radius 1 is 1.00 bits per heavy atom. The second kappa shape index (κ2) is 10.4. The molecule has 2 saturated heterocycles. The van der Waals surface area contributed by atoms with Crippen LogP contribution in [0.3, 0.4) is 0 Å². The van der Waals surface area contributed by atoms with Crippen molar-refractivity contribution < 1.29 is 9.82 Å². The van der Waals surface area contributed by atoms with E-state index in [1.54, 1.807) is 31.5 Å². The van der Waals surface area contributed by atoms with Gasteiger partial charge in [0.15, 0.2) is 5.82 Å². The van der Waals surface area contributed by atoms with Gasteiger partial charge in [0.05, 0.1) is 17.6 Å². The van der Waals surface area contributed by atoms with Crippen LogP contribution in [-0.4, -0.2) is 77.0 Å². The van der Waals surface area contributed by atoms with E-state index in [0.717, 1.165) is 56.2 Å². The van der Waals surface area contributed by atoms with Crippen LogP contribution in [0.5, 0.6) is 0 Å². The lowest BCUT2D eigenvalue weighted by Gasteiger charge is -2.37. The summed E-state index contributed by atoms with van der Waals surface area (Å²) in [5, 5.41) is 12.8. The lowest BCUT2D eigenvalue weighted by molar-refractivity contribution is 0.102. The van der Waals surface area contributed by atoms with E-state index < -0.39 is 7.05 Å². The first kappa shape index (κ1) is 23.3. The smallest absolute Gasteiger partial charge is 0.376 e. The number of hydrogen-bond acceptors (Lipinski definition) is 8. The fourth-order valence-electron chi connectivity index (χ4n) is 4.72. The molecule has 35 heavy (non-hydrogen) atoms. The third-order valence-corrected chi connectivity index (χ3v) is 6.69. The van der Waals surface area contributed by atoms with Gasteiger partial charge in [0, 0.05) is 62.9 Å². The van der Waals surface area contributed by atoms with Crippen molar-refractivity contribution in [2.24, 2.45) is 0 Å². The van der Waals surface area contributed by atoms with Gasteiger partial charge in [0.1, 0.15) is 5.69 Å². The zero-order valence-electron chi connectivity index (χ0n) is 20.0. The van der Waals surface area contributed by atoms with Gasteiger partial charge in [-0.2, -0.15) is 0 Å². The minimum atomic E-state index is -0.461. The molecule has 0 aliphatic carbocycles. The van der Waals surface area contributed by atoms with Crippen LogP contribution in [0.15, 0.2) is 55.0 Å². The molecule has 0 spiro atoms. The normalized spacial score (nSPS) is 16.4. The number of rotatable bonds is 6. The van der Waals surface area contributed by atoms with Crippen LogP contribution in [0.4, 0.5) is 17.1 Å². The fraction of sp³-hybridized carbons (Fsp3) is 0.360. The molecule has 0 atom stereocenters. The molecule has 1 amide bonds. The van der Waals surface area contributed by atoms with Crippen molar-refractivity contribution >= 4 is 30.0 Å². The number of benzene rings is 1. The predicted molar refractivity (Wildman–Crippen MR) is 139 cm³/mol. The molecule has 4 heterocycles. The average Bonchev–Trinajstić information content (AvgIpc) is 3.45. The van der Waals surface area contributed by atoms with E-state index in [1.165, 1.54) is 12.8 Å². The van der Waals surface area contributed by atoms with Gasteiger partial charge < -0.3 is 25.0 Å². The van der Waals surface area contributed by atoms with Gasteiger partial charge in [-0.3, -0.25) is 9.78 Å². The summed E-state index contributed by atoms with van der Waals surface area (Å²) in [5.74, 6) is 0.223. The van der Waals surface area contributed by atoms with E-state index >= 15 is 0 Å². The van der Waals surface area contributed by atoms with E-state index in [9.17, 15) is 9.82 Å². The van der Waals surface area contributed by atoms with Gasteiger partial charge in [0.25, 0.3) is 5.91 Å². The maximum absolute atomic E-state index is 13.2. The first-order chi connectivity index (χ1) is 17.1. The molecule has 180 valence electrons. The zero-order valence-corrected chi connectivity index (χ0v) is 20.0. The van der Waals surface area contributed by atoms with Crippen molar-refractivity contribution in [1.82, 2.24) is 19.8 Å². The summed E-state index contributed by atoms with van der Waals surface area (Å²) in [4.78, 5) is 32.9. The van der Waals surface area contributed by atoms with Crippen molar-refractivity contribution in [1.29, 1.82) is 0 Å². The van der Waals surface area contributed by atoms with Crippen molar-refractivity contribution in [3.8, 4) is 11.4 Å². The fourth-order valence-corrected chi connectivity index (χ4v) is 4.72. The number of nitrogens with zero attached hydrogens (tertiary/aromatic N) is 6. The number of hydrogen-bond donors (Lipinski definition) is 2. The minimum Gasteiger partial charge on any atom is -0.437 e. The van der Waals surface area contributed by atoms with Crippen molar-refractivity contribution in [3.05, 3.63) is 60.7 Å². The molecule has 0 radical (unpaired) electrons. The molecule has 0 unspecified atom stereocenters. The molecule has 2 fully saturated rings. The highest BCUT2D eigenvalue weighted by molar-refractivity contribution is 6.45. The highest BCUT2D eigenvalue weighted by atomic mass is 16.2. The molecule has 2 aromatic heterocycles. The molecule has 9 nitrogen and oxygen atoms in total. The van der Waals surface area contributed by atoms with Crippen LogP contribution < -0.4 is 15.1 Å². The molecule has 2 N–H and O–H groups in total. The number of amides is 1. The van der Waals surface area contributed by atoms with Crippen LogP contribution in [0.1, 0.15) is 23.3 Å². The van der Waals surface area contributed by atoms with Gasteiger partial charge in [-0.15, -0.1) is 0 Å². The first-order valence-electron chi connectivity index (χ1n) is 12.2. The Balaban J connectivity index is 1.32. The minimum absolute atomic E-state index is 0.301. The van der Waals surface area contributed by atoms with Crippen LogP contribution in [0.25, 0.3) is 11.4 Å². The highest BCUT2D eigenvalue weighted by Crippen LogP contribution is 2.27. The van der Waals surface area contributed by atoms with E-state index in [0.29, 0.717) is 17.2 Å². The van der Waals surface area contributed by atoms with Gasteiger partial charge in [0.2, 0.25) is 0 Å². The maximum atomic E-state index is 13.2. The standard InChI is InChI=1S/C25H30BN7O2/c1-26(35)33-15-13-32(14-16-33)23-8-9-27-18-22(23)30-25(34)21-7-10-28-24(29-21)19-5-4-6-20(17-19)31-11-2-3-12-31/h4-10,17-18,35H,2-3,11-16H2,1H3,(H,30,34). The average molecular weight is 471 g/mol. The van der Waals surface area contributed by atoms with Crippen molar-refractivity contribution in [3.63, 3.8) is 0 Å². The maximum Gasteiger partial charge on any atom is 0.376 e. The third kappa shape index (κ3) is 5.28. The molecule has 2 aliphatic heterocycles. The molecule has 0 saturated carbocycles. The second-order valence-corrected chi connectivity index (χ2v) is 9.01. The van der Waals surface area contributed by atoms with Crippen LogP contribution in [0, 0.1) is 0 Å². The highest BCUT2D eigenvalue weighted by Gasteiger charge is 2.24. The zero-order chi connectivity index (χ0) is 24.2. The first-order valence-corrected chi connectivity index (χ1v) is 12.2. The summed E-state index contributed by atoms with van der Waals surface area (Å²) in [6, 6.07) is 11.7. The molecule has 10 heteroatoms. The van der Waals surface area contributed by atoms with Gasteiger partial charge in [-0.05, 0) is 43.9 Å². The van der Waals surface area contributed by atoms with Crippen LogP contribution in [0.2, 0.25) is 6.82 Å². The Hall–Kier alpha value is -3.50. The second-order valence-electron chi connectivity index (χ2n) is 9.01. The Morgan fingerprint density at radius 3 is 2.57 bits per heavy atom. The third-order valence-electron chi connectivity index (χ3n) is 6.69. The Morgan fingerprint density at radius 2 is 1.80 bits per heavy atom. The van der Waals surface area contributed by atoms with Gasteiger partial charge in [-0.25, -0.2) is 9.97 Å². The Labute approximate surface area is 206 Å². The Bertz CT molecular complexity index is 1180. The topological polar surface area (TPSA) is 97.7 Å². The van der Waals surface area contributed by atoms with E-state index in [4.69, 9.17) is 0 Å². The van der Waals surface area contributed by atoms with E-state index in [2.05, 4.69) is 42.2 Å². The lowest BCUT2D eigenvalue weighted by atomic mass is 9.84. The largest absolute Gasteiger partial charge is 0.437 e. The van der Waals surface area contributed by atoms with Crippen LogP contribution in [-0.2, 0) is 0 Å². The summed E-state index contributed by atoms with van der Waals surface area (Å²) in [5.41, 5.74) is 3.90. The number of carbonyl (C=O) groups is 1. The molecule has 2 aliphatic rings. The Kier molecular flexibility index (Phi) is 6.92. The molecular formula is C25H30BN7O2. The summed E-state index contributed by atoms with van der Waals surface area (Å²) in [6.45, 7) is 6.92. The van der Waals surface area contributed by atoms with Crippen molar-refractivity contribution in [2.45, 2.75) is 19.7 Å².